The lowest BCUT2D eigenvalue weighted by Crippen LogP contribution is -2.33. The number of benzene rings is 1. The van der Waals surface area contributed by atoms with Crippen LogP contribution >= 0.6 is 0 Å². The van der Waals surface area contributed by atoms with Crippen molar-refractivity contribution in [3.8, 4) is 0 Å². The molecule has 1 N–H and O–H groups in total. The minimum atomic E-state index is -4.11. The standard InChI is InChI=1S/C19H20N4O4S/c1-3-27-19(24)15-13-21-22-18(15)28(25,26)23(2)17(14-9-5-4-6-10-14)16-11-7-8-12-20-16/h4-13,17H,3H2,1-2H3,(H,21,22)/t17-/m1/s1. The van der Waals surface area contributed by atoms with Gasteiger partial charge in [-0.3, -0.25) is 10.1 Å². The van der Waals surface area contributed by atoms with Gasteiger partial charge in [0.25, 0.3) is 10.0 Å². The summed E-state index contributed by atoms with van der Waals surface area (Å²) >= 11 is 0. The maximum absolute atomic E-state index is 13.3. The van der Waals surface area contributed by atoms with E-state index in [4.69, 9.17) is 4.74 Å². The van der Waals surface area contributed by atoms with Crippen molar-refractivity contribution in [3.05, 3.63) is 77.7 Å². The van der Waals surface area contributed by atoms with Gasteiger partial charge in [-0.2, -0.15) is 9.40 Å². The molecule has 0 aliphatic rings. The summed E-state index contributed by atoms with van der Waals surface area (Å²) < 4.78 is 32.8. The Hall–Kier alpha value is -3.04. The molecule has 0 saturated heterocycles. The van der Waals surface area contributed by atoms with Gasteiger partial charge in [0.05, 0.1) is 24.5 Å². The maximum atomic E-state index is 13.3. The molecule has 28 heavy (non-hydrogen) atoms. The van der Waals surface area contributed by atoms with Gasteiger partial charge in [0.15, 0.2) is 5.03 Å². The molecule has 3 aromatic rings. The molecule has 146 valence electrons. The normalized spacial score (nSPS) is 12.7. The van der Waals surface area contributed by atoms with Crippen LogP contribution in [0.3, 0.4) is 0 Å². The van der Waals surface area contributed by atoms with Crippen LogP contribution in [0.4, 0.5) is 0 Å². The molecule has 0 spiro atoms. The quantitative estimate of drug-likeness (QED) is 0.611. The van der Waals surface area contributed by atoms with E-state index < -0.39 is 22.0 Å². The lowest BCUT2D eigenvalue weighted by Gasteiger charge is -2.27. The van der Waals surface area contributed by atoms with Gasteiger partial charge in [-0.1, -0.05) is 36.4 Å². The Morgan fingerprint density at radius 2 is 1.89 bits per heavy atom. The molecule has 2 heterocycles. The topological polar surface area (TPSA) is 105 Å². The predicted octanol–water partition coefficient (Wildman–Crippen LogP) is 2.39. The lowest BCUT2D eigenvalue weighted by molar-refractivity contribution is 0.0521. The van der Waals surface area contributed by atoms with E-state index in [-0.39, 0.29) is 17.2 Å². The first kappa shape index (κ1) is 19.7. The van der Waals surface area contributed by atoms with Crippen LogP contribution in [0.5, 0.6) is 0 Å². The van der Waals surface area contributed by atoms with Crippen molar-refractivity contribution in [2.24, 2.45) is 0 Å². The molecule has 1 aromatic carbocycles. The Kier molecular flexibility index (Phi) is 5.86. The van der Waals surface area contributed by atoms with Gasteiger partial charge in [0.1, 0.15) is 5.56 Å². The second-order valence-electron chi connectivity index (χ2n) is 5.92. The number of hydrogen-bond acceptors (Lipinski definition) is 6. The average Bonchev–Trinajstić information content (AvgIpc) is 3.21. The van der Waals surface area contributed by atoms with Crippen molar-refractivity contribution in [2.45, 2.75) is 18.0 Å². The summed E-state index contributed by atoms with van der Waals surface area (Å²) in [5.41, 5.74) is 1.16. The Morgan fingerprint density at radius 1 is 1.18 bits per heavy atom. The first-order valence-electron chi connectivity index (χ1n) is 8.61. The molecular weight excluding hydrogens is 380 g/mol. The molecule has 0 saturated carbocycles. The number of carbonyl (C=O) groups excluding carboxylic acids is 1. The van der Waals surface area contributed by atoms with Gasteiger partial charge >= 0.3 is 5.97 Å². The predicted molar refractivity (Wildman–Crippen MR) is 102 cm³/mol. The van der Waals surface area contributed by atoms with Crippen LogP contribution in [0.2, 0.25) is 0 Å². The first-order valence-corrected chi connectivity index (χ1v) is 10.0. The molecule has 0 amide bonds. The first-order chi connectivity index (χ1) is 13.5. The van der Waals surface area contributed by atoms with Crippen molar-refractivity contribution in [1.82, 2.24) is 19.5 Å². The number of nitrogens with zero attached hydrogens (tertiary/aromatic N) is 3. The van der Waals surface area contributed by atoms with E-state index in [2.05, 4.69) is 15.2 Å². The summed E-state index contributed by atoms with van der Waals surface area (Å²) in [7, 11) is -2.67. The van der Waals surface area contributed by atoms with Crippen molar-refractivity contribution in [1.29, 1.82) is 0 Å². The molecule has 0 aliphatic heterocycles. The van der Waals surface area contributed by atoms with Gasteiger partial charge in [0.2, 0.25) is 0 Å². The Morgan fingerprint density at radius 3 is 2.54 bits per heavy atom. The Balaban J connectivity index is 2.08. The summed E-state index contributed by atoms with van der Waals surface area (Å²) in [6, 6.07) is 13.8. The zero-order valence-electron chi connectivity index (χ0n) is 15.4. The number of aromatic nitrogens is 3. The number of H-pyrrole nitrogens is 1. The fourth-order valence-electron chi connectivity index (χ4n) is 2.85. The van der Waals surface area contributed by atoms with Gasteiger partial charge in [0, 0.05) is 13.2 Å². The van der Waals surface area contributed by atoms with E-state index in [9.17, 15) is 13.2 Å². The van der Waals surface area contributed by atoms with E-state index in [1.165, 1.54) is 11.4 Å². The third kappa shape index (κ3) is 3.80. The van der Waals surface area contributed by atoms with Crippen molar-refractivity contribution in [2.75, 3.05) is 13.7 Å². The van der Waals surface area contributed by atoms with Crippen molar-refractivity contribution in [3.63, 3.8) is 0 Å². The summed E-state index contributed by atoms with van der Waals surface area (Å²) in [6.45, 7) is 1.77. The van der Waals surface area contributed by atoms with Crippen LogP contribution < -0.4 is 0 Å². The third-order valence-corrected chi connectivity index (χ3v) is 5.98. The van der Waals surface area contributed by atoms with E-state index >= 15 is 0 Å². The summed E-state index contributed by atoms with van der Waals surface area (Å²) in [5.74, 6) is -0.752. The minimum absolute atomic E-state index is 0.125. The number of aromatic amines is 1. The molecular formula is C19H20N4O4S. The van der Waals surface area contributed by atoms with Crippen molar-refractivity contribution < 1.29 is 17.9 Å². The third-order valence-electron chi connectivity index (χ3n) is 4.18. The largest absolute Gasteiger partial charge is 0.462 e. The molecule has 0 fully saturated rings. The highest BCUT2D eigenvalue weighted by atomic mass is 32.2. The number of esters is 1. The van der Waals surface area contributed by atoms with Gasteiger partial charge in [-0.15, -0.1) is 0 Å². The molecule has 1 atom stereocenters. The van der Waals surface area contributed by atoms with E-state index in [0.717, 1.165) is 11.8 Å². The number of hydrogen-bond donors (Lipinski definition) is 1. The molecule has 0 radical (unpaired) electrons. The van der Waals surface area contributed by atoms with Crippen LogP contribution in [0, 0.1) is 0 Å². The van der Waals surface area contributed by atoms with Crippen LogP contribution in [-0.4, -0.2) is 47.5 Å². The number of nitrogens with one attached hydrogen (secondary N) is 1. The molecule has 2 aromatic heterocycles. The minimum Gasteiger partial charge on any atom is -0.462 e. The molecule has 3 rings (SSSR count). The Bertz CT molecular complexity index is 997. The maximum Gasteiger partial charge on any atom is 0.342 e. The smallest absolute Gasteiger partial charge is 0.342 e. The van der Waals surface area contributed by atoms with Gasteiger partial charge < -0.3 is 4.74 Å². The fourth-order valence-corrected chi connectivity index (χ4v) is 4.23. The fraction of sp³-hybridized carbons (Fsp3) is 0.211. The van der Waals surface area contributed by atoms with Crippen LogP contribution in [-0.2, 0) is 14.8 Å². The van der Waals surface area contributed by atoms with Crippen LogP contribution in [0.25, 0.3) is 0 Å². The van der Waals surface area contributed by atoms with Crippen LogP contribution in [0.1, 0.15) is 34.6 Å². The molecule has 0 aliphatic carbocycles. The van der Waals surface area contributed by atoms with Crippen molar-refractivity contribution >= 4 is 16.0 Å². The van der Waals surface area contributed by atoms with Gasteiger partial charge in [-0.05, 0) is 24.6 Å². The highest BCUT2D eigenvalue weighted by Gasteiger charge is 2.35. The number of pyridine rings is 1. The number of carbonyl (C=O) groups is 1. The highest BCUT2D eigenvalue weighted by molar-refractivity contribution is 7.89. The second kappa shape index (κ2) is 8.32. The number of sulfonamides is 1. The van der Waals surface area contributed by atoms with Crippen LogP contribution in [0.15, 0.2) is 66.0 Å². The van der Waals surface area contributed by atoms with E-state index in [1.807, 2.05) is 30.3 Å². The zero-order valence-corrected chi connectivity index (χ0v) is 16.3. The van der Waals surface area contributed by atoms with Gasteiger partial charge in [-0.25, -0.2) is 13.2 Å². The van der Waals surface area contributed by atoms with E-state index in [1.54, 1.807) is 31.3 Å². The number of ether oxygens (including phenoxy) is 1. The summed E-state index contributed by atoms with van der Waals surface area (Å²) in [6.07, 6.45) is 2.75. The second-order valence-corrected chi connectivity index (χ2v) is 7.86. The highest BCUT2D eigenvalue weighted by Crippen LogP contribution is 2.31. The average molecular weight is 400 g/mol. The molecule has 9 heteroatoms. The SMILES string of the molecule is CCOC(=O)c1cn[nH]c1S(=O)(=O)N(C)[C@H](c1ccccc1)c1ccccn1. The summed E-state index contributed by atoms with van der Waals surface area (Å²) in [4.78, 5) is 16.5. The molecule has 8 nitrogen and oxygen atoms in total. The summed E-state index contributed by atoms with van der Waals surface area (Å²) in [5, 5.41) is 5.84. The molecule has 0 bridgehead atoms. The number of rotatable bonds is 7. The van der Waals surface area contributed by atoms with E-state index in [0.29, 0.717) is 5.69 Å². The lowest BCUT2D eigenvalue weighted by atomic mass is 10.0. The Labute approximate surface area is 163 Å². The monoisotopic (exact) mass is 400 g/mol. The zero-order chi connectivity index (χ0) is 20.1. The molecule has 0 unspecified atom stereocenters.